The Hall–Kier alpha value is -2.27. The molecule has 0 amide bonds. The molecule has 1 aromatic carbocycles. The van der Waals surface area contributed by atoms with Crippen LogP contribution in [0.4, 0.5) is 0 Å². The quantitative estimate of drug-likeness (QED) is 0.809. The summed E-state index contributed by atoms with van der Waals surface area (Å²) in [5.41, 5.74) is 2.73. The van der Waals surface area contributed by atoms with Gasteiger partial charge >= 0.3 is 5.97 Å². The number of carbonyl (C=O) groups is 1. The molecule has 0 unspecified atom stereocenters. The number of hydrogen-bond donors (Lipinski definition) is 1. The first-order valence-electron chi connectivity index (χ1n) is 6.48. The number of benzene rings is 1. The molecule has 0 bridgehead atoms. The second-order valence-corrected chi connectivity index (χ2v) is 5.33. The largest absolute Gasteiger partial charge is 0.478 e. The van der Waals surface area contributed by atoms with Crippen molar-refractivity contribution in [3.8, 4) is 0 Å². The SMILES string of the molecule is Cc1nn(C)c(Cl)c1Cn1ccc2cccc(C(=O)O)c21. The minimum atomic E-state index is -0.936. The van der Waals surface area contributed by atoms with Crippen LogP contribution in [0.15, 0.2) is 30.5 Å². The summed E-state index contributed by atoms with van der Waals surface area (Å²) in [5.74, 6) is -0.936. The molecule has 0 aliphatic heterocycles. The molecule has 0 saturated heterocycles. The minimum absolute atomic E-state index is 0.287. The first-order chi connectivity index (χ1) is 9.99. The van der Waals surface area contributed by atoms with Crippen LogP contribution >= 0.6 is 11.6 Å². The minimum Gasteiger partial charge on any atom is -0.478 e. The number of halogens is 1. The first-order valence-corrected chi connectivity index (χ1v) is 6.86. The zero-order valence-corrected chi connectivity index (χ0v) is 12.4. The third kappa shape index (κ3) is 2.19. The predicted octanol–water partition coefficient (Wildman–Crippen LogP) is 3.08. The molecular formula is C15H14ClN3O2. The predicted molar refractivity (Wildman–Crippen MR) is 81.0 cm³/mol. The summed E-state index contributed by atoms with van der Waals surface area (Å²) in [6.07, 6.45) is 1.87. The van der Waals surface area contributed by atoms with Crippen LogP contribution in [0.1, 0.15) is 21.6 Å². The molecule has 0 aliphatic carbocycles. The van der Waals surface area contributed by atoms with Crippen LogP contribution in [0.3, 0.4) is 0 Å². The van der Waals surface area contributed by atoms with Gasteiger partial charge in [0.05, 0.1) is 23.3 Å². The highest BCUT2D eigenvalue weighted by molar-refractivity contribution is 6.30. The van der Waals surface area contributed by atoms with Crippen LogP contribution in [-0.2, 0) is 13.6 Å². The molecule has 2 aromatic heterocycles. The lowest BCUT2D eigenvalue weighted by Crippen LogP contribution is -2.04. The molecule has 0 atom stereocenters. The number of hydrogen-bond acceptors (Lipinski definition) is 2. The summed E-state index contributed by atoms with van der Waals surface area (Å²) in [6, 6.07) is 7.16. The molecule has 0 aliphatic rings. The normalized spacial score (nSPS) is 11.2. The molecule has 0 saturated carbocycles. The van der Waals surface area contributed by atoms with Gasteiger partial charge in [0, 0.05) is 24.2 Å². The van der Waals surface area contributed by atoms with Crippen molar-refractivity contribution < 1.29 is 9.90 Å². The fourth-order valence-corrected chi connectivity index (χ4v) is 2.82. The number of aromatic nitrogens is 3. The van der Waals surface area contributed by atoms with E-state index in [0.29, 0.717) is 17.2 Å². The molecule has 0 spiro atoms. The maximum absolute atomic E-state index is 11.4. The van der Waals surface area contributed by atoms with Gasteiger partial charge in [0.15, 0.2) is 0 Å². The van der Waals surface area contributed by atoms with Crippen LogP contribution in [0.2, 0.25) is 5.15 Å². The highest BCUT2D eigenvalue weighted by atomic mass is 35.5. The van der Waals surface area contributed by atoms with Gasteiger partial charge in [-0.15, -0.1) is 0 Å². The van der Waals surface area contributed by atoms with Gasteiger partial charge < -0.3 is 9.67 Å². The van der Waals surface area contributed by atoms with Crippen molar-refractivity contribution in [1.29, 1.82) is 0 Å². The fourth-order valence-electron chi connectivity index (χ4n) is 2.59. The Balaban J connectivity index is 2.15. The van der Waals surface area contributed by atoms with Crippen molar-refractivity contribution >= 4 is 28.5 Å². The van der Waals surface area contributed by atoms with Crippen molar-refractivity contribution in [2.45, 2.75) is 13.5 Å². The Morgan fingerprint density at radius 2 is 2.14 bits per heavy atom. The summed E-state index contributed by atoms with van der Waals surface area (Å²) >= 11 is 6.26. The second kappa shape index (κ2) is 4.93. The van der Waals surface area contributed by atoms with E-state index < -0.39 is 5.97 Å². The topological polar surface area (TPSA) is 60.0 Å². The van der Waals surface area contributed by atoms with Crippen molar-refractivity contribution in [3.05, 3.63) is 52.4 Å². The van der Waals surface area contributed by atoms with E-state index in [0.717, 1.165) is 16.6 Å². The number of para-hydroxylation sites is 1. The smallest absolute Gasteiger partial charge is 0.337 e. The molecule has 0 radical (unpaired) electrons. The molecule has 3 rings (SSSR count). The molecular weight excluding hydrogens is 290 g/mol. The van der Waals surface area contributed by atoms with Gasteiger partial charge in [-0.25, -0.2) is 4.79 Å². The lowest BCUT2D eigenvalue weighted by atomic mass is 10.1. The van der Waals surface area contributed by atoms with Crippen molar-refractivity contribution in [2.24, 2.45) is 7.05 Å². The van der Waals surface area contributed by atoms with E-state index in [2.05, 4.69) is 5.10 Å². The molecule has 0 fully saturated rings. The van der Waals surface area contributed by atoms with E-state index in [1.807, 2.05) is 29.8 Å². The van der Waals surface area contributed by atoms with E-state index >= 15 is 0 Å². The van der Waals surface area contributed by atoms with E-state index in [1.54, 1.807) is 23.9 Å². The average molecular weight is 304 g/mol. The van der Waals surface area contributed by atoms with Crippen LogP contribution in [-0.4, -0.2) is 25.4 Å². The van der Waals surface area contributed by atoms with Crippen molar-refractivity contribution in [2.75, 3.05) is 0 Å². The lowest BCUT2D eigenvalue weighted by molar-refractivity contribution is 0.0698. The van der Waals surface area contributed by atoms with Gasteiger partial charge in [-0.05, 0) is 19.1 Å². The van der Waals surface area contributed by atoms with Gasteiger partial charge in [0.2, 0.25) is 0 Å². The van der Waals surface area contributed by atoms with E-state index in [9.17, 15) is 9.90 Å². The third-order valence-electron chi connectivity index (χ3n) is 3.62. The molecule has 5 nitrogen and oxygen atoms in total. The Bertz CT molecular complexity index is 848. The number of rotatable bonds is 3. The van der Waals surface area contributed by atoms with Gasteiger partial charge in [0.1, 0.15) is 5.15 Å². The van der Waals surface area contributed by atoms with Crippen LogP contribution < -0.4 is 0 Å². The Labute approximate surface area is 126 Å². The van der Waals surface area contributed by atoms with E-state index in [-0.39, 0.29) is 5.56 Å². The fraction of sp³-hybridized carbons (Fsp3) is 0.200. The molecule has 3 aromatic rings. The molecule has 2 heterocycles. The van der Waals surface area contributed by atoms with Gasteiger partial charge in [-0.1, -0.05) is 23.7 Å². The first kappa shape index (κ1) is 13.7. The summed E-state index contributed by atoms with van der Waals surface area (Å²) in [6.45, 7) is 2.39. The number of aromatic carboxylic acids is 1. The number of nitrogens with zero attached hydrogens (tertiary/aromatic N) is 3. The molecule has 21 heavy (non-hydrogen) atoms. The van der Waals surface area contributed by atoms with Crippen LogP contribution in [0.25, 0.3) is 10.9 Å². The average Bonchev–Trinajstić information content (AvgIpc) is 2.95. The zero-order chi connectivity index (χ0) is 15.1. The summed E-state index contributed by atoms with van der Waals surface area (Å²) < 4.78 is 3.52. The highest BCUT2D eigenvalue weighted by Crippen LogP contribution is 2.25. The lowest BCUT2D eigenvalue weighted by Gasteiger charge is -2.08. The summed E-state index contributed by atoms with van der Waals surface area (Å²) in [7, 11) is 1.79. The zero-order valence-electron chi connectivity index (χ0n) is 11.7. The summed E-state index contributed by atoms with van der Waals surface area (Å²) in [4.78, 5) is 11.4. The third-order valence-corrected chi connectivity index (χ3v) is 4.09. The summed E-state index contributed by atoms with van der Waals surface area (Å²) in [5, 5.41) is 15.1. The maximum atomic E-state index is 11.4. The number of aryl methyl sites for hydroxylation is 2. The Morgan fingerprint density at radius 1 is 1.38 bits per heavy atom. The highest BCUT2D eigenvalue weighted by Gasteiger charge is 2.16. The van der Waals surface area contributed by atoms with Crippen LogP contribution in [0.5, 0.6) is 0 Å². The monoisotopic (exact) mass is 303 g/mol. The van der Waals surface area contributed by atoms with Crippen molar-refractivity contribution in [3.63, 3.8) is 0 Å². The van der Waals surface area contributed by atoms with E-state index in [4.69, 9.17) is 11.6 Å². The Kier molecular flexibility index (Phi) is 3.22. The van der Waals surface area contributed by atoms with E-state index in [1.165, 1.54) is 0 Å². The number of carboxylic acids is 1. The second-order valence-electron chi connectivity index (χ2n) is 4.97. The van der Waals surface area contributed by atoms with Crippen molar-refractivity contribution in [1.82, 2.24) is 14.3 Å². The Morgan fingerprint density at radius 3 is 2.76 bits per heavy atom. The standard InChI is InChI=1S/C15H14ClN3O2/c1-9-12(14(16)18(2)17-9)8-19-7-6-10-4-3-5-11(13(10)19)15(20)21/h3-7H,8H2,1-2H3,(H,20,21). The van der Waals surface area contributed by atoms with Gasteiger partial charge in [-0.2, -0.15) is 5.10 Å². The number of carboxylic acid groups (broad SMARTS) is 1. The van der Waals surface area contributed by atoms with Gasteiger partial charge in [0.25, 0.3) is 0 Å². The van der Waals surface area contributed by atoms with Crippen LogP contribution in [0, 0.1) is 6.92 Å². The number of fused-ring (bicyclic) bond motifs is 1. The molecule has 108 valence electrons. The molecule has 6 heteroatoms. The molecule has 1 N–H and O–H groups in total. The maximum Gasteiger partial charge on any atom is 0.337 e. The van der Waals surface area contributed by atoms with Gasteiger partial charge in [-0.3, -0.25) is 4.68 Å².